The Labute approximate surface area is 315 Å². The highest BCUT2D eigenvalue weighted by Gasteiger charge is 2.34. The lowest BCUT2D eigenvalue weighted by molar-refractivity contribution is -0.142. The maximum atomic E-state index is 13.3. The van der Waals surface area contributed by atoms with Gasteiger partial charge in [-0.3, -0.25) is 52.9 Å². The largest absolute Gasteiger partial charge is 0.481 e. The number of hydrogen-bond donors (Lipinski definition) is 13. The van der Waals surface area contributed by atoms with Gasteiger partial charge in [0, 0.05) is 19.4 Å². The Morgan fingerprint density at radius 2 is 1.00 bits per heavy atom. The number of aliphatic imine (C=N–C) groups is 1. The van der Waals surface area contributed by atoms with Crippen molar-refractivity contribution in [1.82, 2.24) is 31.9 Å². The van der Waals surface area contributed by atoms with E-state index in [1.807, 2.05) is 0 Å². The number of hydrogen-bond acceptors (Lipinski definition) is 12. The second-order valence-electron chi connectivity index (χ2n) is 12.7. The van der Waals surface area contributed by atoms with E-state index in [0.29, 0.717) is 6.42 Å². The van der Waals surface area contributed by atoms with E-state index in [0.717, 1.165) is 6.92 Å². The summed E-state index contributed by atoms with van der Waals surface area (Å²) in [5.41, 5.74) is 16.4. The van der Waals surface area contributed by atoms with Gasteiger partial charge in [-0.1, -0.05) is 13.8 Å². The van der Waals surface area contributed by atoms with Gasteiger partial charge < -0.3 is 69.5 Å². The highest BCUT2D eigenvalue weighted by atomic mass is 16.4. The topological polar surface area (TPSA) is 414 Å². The van der Waals surface area contributed by atoms with E-state index in [9.17, 15) is 58.2 Å². The lowest BCUT2D eigenvalue weighted by Crippen LogP contribution is -2.60. The molecule has 310 valence electrons. The number of nitrogens with one attached hydrogen (secondary N) is 6. The van der Waals surface area contributed by atoms with Gasteiger partial charge in [-0.05, 0) is 45.4 Å². The van der Waals surface area contributed by atoms with Gasteiger partial charge in [-0.2, -0.15) is 0 Å². The molecule has 0 aliphatic carbocycles. The Balaban J connectivity index is 5.95. The van der Waals surface area contributed by atoms with E-state index in [2.05, 4.69) is 36.9 Å². The zero-order valence-electron chi connectivity index (χ0n) is 30.8. The highest BCUT2D eigenvalue weighted by molar-refractivity contribution is 5.98. The Kier molecular flexibility index (Phi) is 21.6. The van der Waals surface area contributed by atoms with E-state index in [1.54, 1.807) is 13.8 Å². The summed E-state index contributed by atoms with van der Waals surface area (Å²) in [6, 6.07) is -10.5. The Bertz CT molecular complexity index is 1450. The van der Waals surface area contributed by atoms with Crippen molar-refractivity contribution in [2.45, 2.75) is 115 Å². The molecule has 0 unspecified atom stereocenters. The number of guanidine groups is 1. The van der Waals surface area contributed by atoms with Crippen LogP contribution in [-0.4, -0.2) is 135 Å². The number of carboxylic acids is 4. The van der Waals surface area contributed by atoms with Crippen LogP contribution >= 0.6 is 0 Å². The number of carboxylic acid groups (broad SMARTS) is 4. The van der Waals surface area contributed by atoms with Crippen LogP contribution in [0.3, 0.4) is 0 Å². The summed E-state index contributed by atoms with van der Waals surface area (Å²) in [5.74, 6) is -12.7. The molecule has 0 rings (SSSR count). The van der Waals surface area contributed by atoms with Gasteiger partial charge in [0.05, 0.1) is 12.5 Å². The molecule has 55 heavy (non-hydrogen) atoms. The maximum absolute atomic E-state index is 13.3. The molecule has 0 aromatic heterocycles. The number of nitrogens with zero attached hydrogens (tertiary/aromatic N) is 1. The van der Waals surface area contributed by atoms with E-state index in [4.69, 9.17) is 27.4 Å². The van der Waals surface area contributed by atoms with Crippen LogP contribution in [-0.2, 0) is 47.9 Å². The quantitative estimate of drug-likeness (QED) is 0.0222. The zero-order valence-corrected chi connectivity index (χ0v) is 30.8. The van der Waals surface area contributed by atoms with E-state index in [-0.39, 0.29) is 18.9 Å². The molecule has 0 aromatic carbocycles. The first kappa shape index (κ1) is 48.9. The van der Waals surface area contributed by atoms with Crippen LogP contribution in [0.5, 0.6) is 0 Å². The summed E-state index contributed by atoms with van der Waals surface area (Å²) in [6.07, 6.45) is -3.12. The molecular weight excluding hydrogens is 736 g/mol. The summed E-state index contributed by atoms with van der Waals surface area (Å²) >= 11 is 0. The molecule has 0 aliphatic rings. The fourth-order valence-corrected chi connectivity index (χ4v) is 4.49. The third-order valence-electron chi connectivity index (χ3n) is 7.60. The monoisotopic (exact) mass is 788 g/mol. The molecule has 0 bridgehead atoms. The molecule has 0 saturated carbocycles. The summed E-state index contributed by atoms with van der Waals surface area (Å²) < 4.78 is 0. The minimum atomic E-state index is -1.91. The molecule has 0 aromatic rings. The predicted octanol–water partition coefficient (Wildman–Crippen LogP) is -4.74. The third-order valence-corrected chi connectivity index (χ3v) is 7.60. The van der Waals surface area contributed by atoms with Gasteiger partial charge in [-0.25, -0.2) is 0 Å². The normalized spacial score (nSPS) is 14.6. The van der Waals surface area contributed by atoms with Crippen LogP contribution in [0.4, 0.5) is 0 Å². The second kappa shape index (κ2) is 24.3. The molecular formula is C31H52N10O14. The van der Waals surface area contributed by atoms with E-state index in [1.165, 1.54) is 6.92 Å². The van der Waals surface area contributed by atoms with Crippen molar-refractivity contribution < 1.29 is 68.4 Å². The minimum Gasteiger partial charge on any atom is -0.481 e. The molecule has 0 saturated heterocycles. The number of amides is 6. The number of rotatable bonds is 26. The molecule has 0 radical (unpaired) electrons. The maximum Gasteiger partial charge on any atom is 0.325 e. The Morgan fingerprint density at radius 1 is 0.545 bits per heavy atom. The van der Waals surface area contributed by atoms with Crippen LogP contribution < -0.4 is 49.1 Å². The van der Waals surface area contributed by atoms with Crippen LogP contribution in [0.1, 0.15) is 72.6 Å². The van der Waals surface area contributed by atoms with Gasteiger partial charge >= 0.3 is 23.9 Å². The molecule has 0 fully saturated rings. The molecule has 0 heterocycles. The number of carbonyl (C=O) groups excluding carboxylic acids is 6. The van der Waals surface area contributed by atoms with E-state index < -0.39 is 140 Å². The van der Waals surface area contributed by atoms with Gasteiger partial charge in [0.1, 0.15) is 36.3 Å². The minimum absolute atomic E-state index is 0.135. The van der Waals surface area contributed by atoms with Gasteiger partial charge in [0.25, 0.3) is 0 Å². The van der Waals surface area contributed by atoms with Crippen LogP contribution in [0, 0.1) is 5.92 Å². The standard InChI is InChI=1S/C31H52N10O14/c1-13(2)23(41-25(49)16(32)6-5-11-35-31(33)34)29(53)36-14(3)24(48)40-19(12-22(46)47)28(52)39-18(8-10-21(44)45)27(51)38-17(7-9-20(42)43)26(50)37-15(4)30(54)55/h13-19,23H,5-12,32H2,1-4H3,(H,36,53)(H,37,50)(H,38,51)(H,39,52)(H,40,48)(H,41,49)(H,42,43)(H,44,45)(H,46,47)(H,54,55)(H4,33,34,35)/t14-,15-,16-,17-,18-,19-,23-/m0/s1. The van der Waals surface area contributed by atoms with Crippen molar-refractivity contribution in [2.75, 3.05) is 6.54 Å². The Morgan fingerprint density at radius 3 is 1.44 bits per heavy atom. The predicted molar refractivity (Wildman–Crippen MR) is 189 cm³/mol. The van der Waals surface area contributed by atoms with Crippen molar-refractivity contribution in [3.63, 3.8) is 0 Å². The fourth-order valence-electron chi connectivity index (χ4n) is 4.49. The van der Waals surface area contributed by atoms with Crippen molar-refractivity contribution in [2.24, 2.45) is 28.1 Å². The summed E-state index contributed by atoms with van der Waals surface area (Å²) in [6.45, 7) is 5.69. The van der Waals surface area contributed by atoms with Crippen molar-refractivity contribution in [3.8, 4) is 0 Å². The first-order valence-electron chi connectivity index (χ1n) is 17.0. The average molecular weight is 789 g/mol. The third kappa shape index (κ3) is 20.1. The van der Waals surface area contributed by atoms with E-state index >= 15 is 0 Å². The molecule has 0 aliphatic heterocycles. The lowest BCUT2D eigenvalue weighted by Gasteiger charge is -2.27. The fraction of sp³-hybridized carbons (Fsp3) is 0.645. The smallest absolute Gasteiger partial charge is 0.325 e. The lowest BCUT2D eigenvalue weighted by atomic mass is 10.0. The average Bonchev–Trinajstić information content (AvgIpc) is 3.07. The zero-order chi connectivity index (χ0) is 42.6. The Hall–Kier alpha value is -6.07. The number of nitrogens with two attached hydrogens (primary N) is 3. The summed E-state index contributed by atoms with van der Waals surface area (Å²) in [5, 5.41) is 50.1. The molecule has 6 amide bonds. The molecule has 24 heteroatoms. The van der Waals surface area contributed by atoms with Gasteiger partial charge in [0.2, 0.25) is 35.4 Å². The SMILES string of the molecule is CC(C)[C@H](NC(=O)[C@@H](N)CCCN=C(N)N)C(=O)N[C@@H](C)C(=O)N[C@@H](CC(=O)O)C(=O)N[C@@H](CCC(=O)O)C(=O)N[C@@H](CCC(=O)O)C(=O)N[C@@H](C)C(=O)O. The van der Waals surface area contributed by atoms with Gasteiger partial charge in [-0.15, -0.1) is 0 Å². The molecule has 16 N–H and O–H groups in total. The van der Waals surface area contributed by atoms with Crippen molar-refractivity contribution in [3.05, 3.63) is 0 Å². The summed E-state index contributed by atoms with van der Waals surface area (Å²) in [7, 11) is 0. The number of carbonyl (C=O) groups is 10. The van der Waals surface area contributed by atoms with Gasteiger partial charge in [0.15, 0.2) is 5.96 Å². The van der Waals surface area contributed by atoms with Crippen molar-refractivity contribution >= 4 is 65.3 Å². The molecule has 0 spiro atoms. The first-order valence-corrected chi connectivity index (χ1v) is 17.0. The van der Waals surface area contributed by atoms with Crippen LogP contribution in [0.25, 0.3) is 0 Å². The molecule has 7 atom stereocenters. The second-order valence-corrected chi connectivity index (χ2v) is 12.7. The summed E-state index contributed by atoms with van der Waals surface area (Å²) in [4.78, 5) is 127. The van der Waals surface area contributed by atoms with Crippen molar-refractivity contribution in [1.29, 1.82) is 0 Å². The molecule has 24 nitrogen and oxygen atoms in total. The van der Waals surface area contributed by atoms with Crippen LogP contribution in [0.15, 0.2) is 4.99 Å². The first-order chi connectivity index (χ1) is 25.5. The number of aliphatic carboxylic acids is 4. The van der Waals surface area contributed by atoms with Crippen LogP contribution in [0.2, 0.25) is 0 Å². The highest BCUT2D eigenvalue weighted by Crippen LogP contribution is 2.07.